The molecule has 3 nitrogen and oxygen atoms in total. The normalized spacial score (nSPS) is 32.5. The van der Waals surface area contributed by atoms with E-state index in [-0.39, 0.29) is 0 Å². The zero-order valence-corrected chi connectivity index (χ0v) is 13.2. The summed E-state index contributed by atoms with van der Waals surface area (Å²) in [6.45, 7) is 7.39. The van der Waals surface area contributed by atoms with Crippen LogP contribution in [0.1, 0.15) is 45.4 Å². The summed E-state index contributed by atoms with van der Waals surface area (Å²) in [6.07, 6.45) is 8.42. The third-order valence-corrected chi connectivity index (χ3v) is 5.34. The van der Waals surface area contributed by atoms with E-state index < -0.39 is 0 Å². The fraction of sp³-hybridized carbons (Fsp3) is 1.00. The maximum Gasteiger partial charge on any atom is 0.0223 e. The third kappa shape index (κ3) is 4.17. The Morgan fingerprint density at radius 2 is 2.05 bits per heavy atom. The molecular formula is C16H33N3. The second-order valence-corrected chi connectivity index (χ2v) is 6.56. The van der Waals surface area contributed by atoms with Crippen molar-refractivity contribution in [1.82, 2.24) is 15.1 Å². The molecule has 0 aromatic heterocycles. The van der Waals surface area contributed by atoms with E-state index >= 15 is 0 Å². The molecule has 2 rings (SSSR count). The van der Waals surface area contributed by atoms with Crippen molar-refractivity contribution in [3.8, 4) is 0 Å². The molecule has 112 valence electrons. The van der Waals surface area contributed by atoms with Crippen LogP contribution < -0.4 is 5.32 Å². The van der Waals surface area contributed by atoms with E-state index in [1.807, 2.05) is 0 Å². The highest BCUT2D eigenvalue weighted by Crippen LogP contribution is 2.28. The van der Waals surface area contributed by atoms with Gasteiger partial charge in [0.1, 0.15) is 0 Å². The van der Waals surface area contributed by atoms with Crippen LogP contribution in [0.2, 0.25) is 0 Å². The zero-order chi connectivity index (χ0) is 13.7. The second kappa shape index (κ2) is 7.61. The molecule has 0 spiro atoms. The first-order valence-corrected chi connectivity index (χ1v) is 8.34. The average molecular weight is 267 g/mol. The lowest BCUT2D eigenvalue weighted by Crippen LogP contribution is -2.40. The fourth-order valence-corrected chi connectivity index (χ4v) is 4.12. The number of rotatable bonds is 7. The van der Waals surface area contributed by atoms with E-state index in [0.29, 0.717) is 0 Å². The predicted molar refractivity (Wildman–Crippen MR) is 82.6 cm³/mol. The van der Waals surface area contributed by atoms with Crippen LogP contribution in [-0.4, -0.2) is 62.2 Å². The molecule has 0 bridgehead atoms. The van der Waals surface area contributed by atoms with Crippen molar-refractivity contribution in [2.45, 2.75) is 57.5 Å². The van der Waals surface area contributed by atoms with Crippen molar-refractivity contribution in [2.24, 2.45) is 5.92 Å². The van der Waals surface area contributed by atoms with Crippen molar-refractivity contribution in [3.63, 3.8) is 0 Å². The summed E-state index contributed by atoms with van der Waals surface area (Å²) in [5, 5.41) is 3.50. The van der Waals surface area contributed by atoms with Gasteiger partial charge in [0.2, 0.25) is 0 Å². The van der Waals surface area contributed by atoms with Crippen LogP contribution in [0.4, 0.5) is 0 Å². The first kappa shape index (κ1) is 15.3. The molecule has 1 saturated carbocycles. The molecule has 1 saturated heterocycles. The summed E-state index contributed by atoms with van der Waals surface area (Å²) in [6, 6.07) is 1.60. The Kier molecular flexibility index (Phi) is 6.11. The highest BCUT2D eigenvalue weighted by atomic mass is 15.2. The van der Waals surface area contributed by atoms with Gasteiger partial charge in [-0.1, -0.05) is 13.3 Å². The standard InChI is InChI=1S/C16H33N3/c1-4-19-11-6-8-15(19)13-18(3)12-10-14-7-5-9-16(14)17-2/h14-17H,4-13H2,1-3H3. The van der Waals surface area contributed by atoms with Crippen molar-refractivity contribution >= 4 is 0 Å². The second-order valence-electron chi connectivity index (χ2n) is 6.56. The highest BCUT2D eigenvalue weighted by Gasteiger charge is 2.27. The minimum Gasteiger partial charge on any atom is -0.317 e. The molecule has 0 aromatic rings. The number of hydrogen-bond acceptors (Lipinski definition) is 3. The largest absolute Gasteiger partial charge is 0.317 e. The van der Waals surface area contributed by atoms with Crippen LogP contribution >= 0.6 is 0 Å². The van der Waals surface area contributed by atoms with Crippen molar-refractivity contribution in [3.05, 3.63) is 0 Å². The van der Waals surface area contributed by atoms with Gasteiger partial charge in [0.25, 0.3) is 0 Å². The fourth-order valence-electron chi connectivity index (χ4n) is 4.12. The summed E-state index contributed by atoms with van der Waals surface area (Å²) in [7, 11) is 4.44. The average Bonchev–Trinajstić information content (AvgIpc) is 3.04. The smallest absolute Gasteiger partial charge is 0.0223 e. The Bertz CT molecular complexity index is 256. The van der Waals surface area contributed by atoms with Gasteiger partial charge in [-0.2, -0.15) is 0 Å². The summed E-state index contributed by atoms with van der Waals surface area (Å²) < 4.78 is 0. The molecule has 2 aliphatic rings. The SMILES string of the molecule is CCN1CCCC1CN(C)CCC1CCCC1NC. The topological polar surface area (TPSA) is 18.5 Å². The molecule has 3 atom stereocenters. The van der Waals surface area contributed by atoms with Crippen molar-refractivity contribution < 1.29 is 0 Å². The van der Waals surface area contributed by atoms with E-state index in [0.717, 1.165) is 18.0 Å². The van der Waals surface area contributed by atoms with E-state index in [9.17, 15) is 0 Å². The van der Waals surface area contributed by atoms with E-state index in [4.69, 9.17) is 0 Å². The van der Waals surface area contributed by atoms with Crippen LogP contribution in [0.3, 0.4) is 0 Å². The van der Waals surface area contributed by atoms with E-state index in [2.05, 4.69) is 36.1 Å². The predicted octanol–water partition coefficient (Wildman–Crippen LogP) is 2.18. The Morgan fingerprint density at radius 1 is 1.21 bits per heavy atom. The van der Waals surface area contributed by atoms with Crippen LogP contribution in [0.15, 0.2) is 0 Å². The first-order chi connectivity index (χ1) is 9.24. The number of nitrogens with one attached hydrogen (secondary N) is 1. The molecule has 0 aromatic carbocycles. The minimum absolute atomic E-state index is 0.784. The maximum atomic E-state index is 3.50. The molecule has 0 amide bonds. The molecule has 1 N–H and O–H groups in total. The number of hydrogen-bond donors (Lipinski definition) is 1. The van der Waals surface area contributed by atoms with Crippen molar-refractivity contribution in [2.75, 3.05) is 40.3 Å². The summed E-state index contributed by atoms with van der Waals surface area (Å²) in [5.41, 5.74) is 0. The number of nitrogens with zero attached hydrogens (tertiary/aromatic N) is 2. The first-order valence-electron chi connectivity index (χ1n) is 8.34. The van der Waals surface area contributed by atoms with E-state index in [1.165, 1.54) is 64.7 Å². The lowest BCUT2D eigenvalue weighted by Gasteiger charge is -2.29. The lowest BCUT2D eigenvalue weighted by molar-refractivity contribution is 0.189. The summed E-state index contributed by atoms with van der Waals surface area (Å²) >= 11 is 0. The molecule has 3 heteroatoms. The Labute approximate surface area is 119 Å². The van der Waals surface area contributed by atoms with Gasteiger partial charge in [0.05, 0.1) is 0 Å². The zero-order valence-electron chi connectivity index (χ0n) is 13.2. The number of likely N-dealkylation sites (N-methyl/N-ethyl adjacent to an activating group) is 2. The van der Waals surface area contributed by atoms with Gasteiger partial charge in [-0.15, -0.1) is 0 Å². The summed E-state index contributed by atoms with van der Waals surface area (Å²) in [4.78, 5) is 5.23. The lowest BCUT2D eigenvalue weighted by atomic mass is 9.99. The Morgan fingerprint density at radius 3 is 2.79 bits per heavy atom. The van der Waals surface area contributed by atoms with Gasteiger partial charge in [-0.3, -0.25) is 4.90 Å². The minimum atomic E-state index is 0.784. The van der Waals surface area contributed by atoms with Crippen LogP contribution in [-0.2, 0) is 0 Å². The Balaban J connectivity index is 1.68. The summed E-state index contributed by atoms with van der Waals surface area (Å²) in [5.74, 6) is 0.915. The molecule has 0 radical (unpaired) electrons. The van der Waals surface area contributed by atoms with Gasteiger partial charge in [-0.25, -0.2) is 0 Å². The van der Waals surface area contributed by atoms with Gasteiger partial charge in [0.15, 0.2) is 0 Å². The molecule has 19 heavy (non-hydrogen) atoms. The van der Waals surface area contributed by atoms with Gasteiger partial charge in [0, 0.05) is 18.6 Å². The molecule has 1 aliphatic carbocycles. The van der Waals surface area contributed by atoms with Gasteiger partial charge < -0.3 is 10.2 Å². The quantitative estimate of drug-likeness (QED) is 0.763. The van der Waals surface area contributed by atoms with Crippen molar-refractivity contribution in [1.29, 1.82) is 0 Å². The third-order valence-electron chi connectivity index (χ3n) is 5.34. The number of likely N-dealkylation sites (tertiary alicyclic amines) is 1. The van der Waals surface area contributed by atoms with Crippen LogP contribution in [0.25, 0.3) is 0 Å². The Hall–Kier alpha value is -0.120. The van der Waals surface area contributed by atoms with Crippen LogP contribution in [0.5, 0.6) is 0 Å². The molecule has 2 fully saturated rings. The highest BCUT2D eigenvalue weighted by molar-refractivity contribution is 4.84. The molecule has 1 aliphatic heterocycles. The maximum absolute atomic E-state index is 3.50. The molecule has 1 heterocycles. The monoisotopic (exact) mass is 267 g/mol. The van der Waals surface area contributed by atoms with Crippen LogP contribution in [0, 0.1) is 5.92 Å². The molecular weight excluding hydrogens is 234 g/mol. The molecule has 3 unspecified atom stereocenters. The van der Waals surface area contributed by atoms with Gasteiger partial charge in [-0.05, 0) is 71.8 Å². The van der Waals surface area contributed by atoms with Gasteiger partial charge >= 0.3 is 0 Å². The van der Waals surface area contributed by atoms with E-state index in [1.54, 1.807) is 0 Å².